The maximum Gasteiger partial charge on any atom is 0.252 e. The van der Waals surface area contributed by atoms with Gasteiger partial charge in [0.05, 0.1) is 10.9 Å². The topological polar surface area (TPSA) is 50.5 Å². The molecular weight excluding hydrogens is 294 g/mol. The van der Waals surface area contributed by atoms with Crippen LogP contribution in [0, 0.1) is 6.92 Å². The number of sulfonamides is 1. The molecule has 0 saturated carbocycles. The van der Waals surface area contributed by atoms with Gasteiger partial charge < -0.3 is 4.42 Å². The van der Waals surface area contributed by atoms with Crippen LogP contribution in [-0.2, 0) is 16.6 Å². The van der Waals surface area contributed by atoms with Gasteiger partial charge in [0, 0.05) is 7.05 Å². The van der Waals surface area contributed by atoms with Gasteiger partial charge in [-0.2, -0.15) is 4.31 Å². The number of hydrogen-bond donors (Lipinski definition) is 0. The van der Waals surface area contributed by atoms with Crippen molar-refractivity contribution in [1.82, 2.24) is 4.31 Å². The molecule has 2 heterocycles. The lowest BCUT2D eigenvalue weighted by molar-refractivity contribution is 0.398. The van der Waals surface area contributed by atoms with Crippen molar-refractivity contribution in [3.8, 4) is 0 Å². The van der Waals surface area contributed by atoms with Crippen LogP contribution in [0.2, 0.25) is 4.34 Å². The lowest BCUT2D eigenvalue weighted by atomic mass is 10.4. The van der Waals surface area contributed by atoms with E-state index in [1.807, 2.05) is 6.92 Å². The SMILES string of the molecule is Cc1ccc(CN(C)S(=O)(=O)c2ccc(Cl)s2)o1. The number of halogens is 1. The van der Waals surface area contributed by atoms with Crippen LogP contribution < -0.4 is 0 Å². The first-order valence-corrected chi connectivity index (χ1v) is 7.80. The Labute approximate surface area is 115 Å². The Balaban J connectivity index is 2.20. The molecule has 18 heavy (non-hydrogen) atoms. The predicted molar refractivity (Wildman–Crippen MR) is 71.4 cm³/mol. The molecule has 0 aliphatic heterocycles. The summed E-state index contributed by atoms with van der Waals surface area (Å²) in [7, 11) is -1.98. The summed E-state index contributed by atoms with van der Waals surface area (Å²) in [6, 6.07) is 6.65. The number of aryl methyl sites for hydroxylation is 1. The minimum Gasteiger partial charge on any atom is -0.465 e. The fourth-order valence-electron chi connectivity index (χ4n) is 1.46. The summed E-state index contributed by atoms with van der Waals surface area (Å²) in [5.74, 6) is 1.37. The third kappa shape index (κ3) is 2.77. The molecule has 0 unspecified atom stereocenters. The van der Waals surface area contributed by atoms with E-state index in [0.29, 0.717) is 10.1 Å². The van der Waals surface area contributed by atoms with Gasteiger partial charge in [0.25, 0.3) is 10.0 Å². The zero-order valence-corrected chi connectivity index (χ0v) is 12.3. The number of rotatable bonds is 4. The van der Waals surface area contributed by atoms with Gasteiger partial charge in [-0.3, -0.25) is 0 Å². The van der Waals surface area contributed by atoms with E-state index in [-0.39, 0.29) is 10.8 Å². The predicted octanol–water partition coefficient (Wildman–Crippen LogP) is 3.12. The van der Waals surface area contributed by atoms with Gasteiger partial charge in [0.2, 0.25) is 0 Å². The van der Waals surface area contributed by atoms with Crippen LogP contribution in [0.4, 0.5) is 0 Å². The first-order chi connectivity index (χ1) is 8.39. The van der Waals surface area contributed by atoms with Crippen molar-refractivity contribution in [1.29, 1.82) is 0 Å². The van der Waals surface area contributed by atoms with Crippen molar-refractivity contribution >= 4 is 33.0 Å². The summed E-state index contributed by atoms with van der Waals surface area (Å²) in [4.78, 5) is 0. The summed E-state index contributed by atoms with van der Waals surface area (Å²) >= 11 is 6.80. The van der Waals surface area contributed by atoms with E-state index < -0.39 is 10.0 Å². The average molecular weight is 306 g/mol. The normalized spacial score (nSPS) is 12.2. The highest BCUT2D eigenvalue weighted by atomic mass is 35.5. The van der Waals surface area contributed by atoms with Gasteiger partial charge in [-0.15, -0.1) is 11.3 Å². The van der Waals surface area contributed by atoms with E-state index in [1.165, 1.54) is 17.4 Å². The molecule has 0 radical (unpaired) electrons. The average Bonchev–Trinajstić information content (AvgIpc) is 2.88. The van der Waals surface area contributed by atoms with Gasteiger partial charge >= 0.3 is 0 Å². The zero-order valence-electron chi connectivity index (χ0n) is 9.88. The highest BCUT2D eigenvalue weighted by Gasteiger charge is 2.23. The fraction of sp³-hybridized carbons (Fsp3) is 0.273. The first-order valence-electron chi connectivity index (χ1n) is 5.16. The van der Waals surface area contributed by atoms with Crippen LogP contribution in [0.5, 0.6) is 0 Å². The molecule has 0 atom stereocenters. The molecule has 2 aromatic heterocycles. The van der Waals surface area contributed by atoms with Gasteiger partial charge in [-0.1, -0.05) is 11.6 Å². The van der Waals surface area contributed by atoms with Crippen molar-refractivity contribution in [2.75, 3.05) is 7.05 Å². The van der Waals surface area contributed by atoms with E-state index >= 15 is 0 Å². The second-order valence-corrected chi connectivity index (χ2v) is 7.82. The fourth-order valence-corrected chi connectivity index (χ4v) is 4.30. The lowest BCUT2D eigenvalue weighted by Crippen LogP contribution is -2.25. The summed E-state index contributed by atoms with van der Waals surface area (Å²) in [5, 5.41) is 0. The van der Waals surface area contributed by atoms with E-state index in [1.54, 1.807) is 18.2 Å². The first kappa shape index (κ1) is 13.6. The maximum atomic E-state index is 12.2. The van der Waals surface area contributed by atoms with Crippen LogP contribution in [-0.4, -0.2) is 19.8 Å². The molecule has 4 nitrogen and oxygen atoms in total. The number of hydrogen-bond acceptors (Lipinski definition) is 4. The van der Waals surface area contributed by atoms with Crippen molar-refractivity contribution < 1.29 is 12.8 Å². The van der Waals surface area contributed by atoms with Crippen molar-refractivity contribution in [3.05, 3.63) is 40.1 Å². The summed E-state index contributed by atoms with van der Waals surface area (Å²) in [6.45, 7) is 2.02. The molecule has 0 saturated heterocycles. The molecule has 0 aliphatic rings. The Kier molecular flexibility index (Phi) is 3.82. The second-order valence-electron chi connectivity index (χ2n) is 3.83. The molecule has 98 valence electrons. The Morgan fingerprint density at radius 1 is 1.33 bits per heavy atom. The Hall–Kier alpha value is -0.820. The summed E-state index contributed by atoms with van der Waals surface area (Å²) in [5.41, 5.74) is 0. The summed E-state index contributed by atoms with van der Waals surface area (Å²) in [6.07, 6.45) is 0. The Morgan fingerprint density at radius 2 is 2.06 bits per heavy atom. The number of nitrogens with zero attached hydrogens (tertiary/aromatic N) is 1. The molecule has 0 aromatic carbocycles. The molecule has 0 amide bonds. The second kappa shape index (κ2) is 5.05. The van der Waals surface area contributed by atoms with Crippen molar-refractivity contribution in [2.45, 2.75) is 17.7 Å². The van der Waals surface area contributed by atoms with Crippen LogP contribution in [0.3, 0.4) is 0 Å². The molecule has 0 fully saturated rings. The van der Waals surface area contributed by atoms with Crippen LogP contribution in [0.25, 0.3) is 0 Å². The third-order valence-electron chi connectivity index (χ3n) is 2.39. The molecule has 0 N–H and O–H groups in total. The van der Waals surface area contributed by atoms with Crippen molar-refractivity contribution in [2.24, 2.45) is 0 Å². The third-order valence-corrected chi connectivity index (χ3v) is 5.89. The largest absolute Gasteiger partial charge is 0.465 e. The zero-order chi connectivity index (χ0) is 13.3. The highest BCUT2D eigenvalue weighted by Crippen LogP contribution is 2.28. The van der Waals surface area contributed by atoms with Crippen LogP contribution in [0.1, 0.15) is 11.5 Å². The minimum atomic E-state index is -3.50. The number of thiophene rings is 1. The molecule has 0 spiro atoms. The molecular formula is C11H12ClNO3S2. The lowest BCUT2D eigenvalue weighted by Gasteiger charge is -2.14. The molecule has 2 rings (SSSR count). The van der Waals surface area contributed by atoms with Crippen molar-refractivity contribution in [3.63, 3.8) is 0 Å². The molecule has 0 aliphatic carbocycles. The minimum absolute atomic E-state index is 0.200. The number of furan rings is 1. The van der Waals surface area contributed by atoms with E-state index in [0.717, 1.165) is 17.1 Å². The van der Waals surface area contributed by atoms with E-state index in [9.17, 15) is 8.42 Å². The standard InChI is InChI=1S/C11H12ClNO3S2/c1-8-3-4-9(16-8)7-13(2)18(14,15)11-6-5-10(12)17-11/h3-6H,7H2,1-2H3. The molecule has 0 bridgehead atoms. The van der Waals surface area contributed by atoms with Gasteiger partial charge in [0.1, 0.15) is 15.7 Å². The molecule has 7 heteroatoms. The van der Waals surface area contributed by atoms with Gasteiger partial charge in [-0.25, -0.2) is 8.42 Å². The van der Waals surface area contributed by atoms with Crippen LogP contribution in [0.15, 0.2) is 32.9 Å². The highest BCUT2D eigenvalue weighted by molar-refractivity contribution is 7.91. The quantitative estimate of drug-likeness (QED) is 0.872. The van der Waals surface area contributed by atoms with E-state index in [2.05, 4.69) is 0 Å². The Morgan fingerprint density at radius 3 is 2.56 bits per heavy atom. The van der Waals surface area contributed by atoms with Gasteiger partial charge in [-0.05, 0) is 31.2 Å². The molecule has 2 aromatic rings. The smallest absolute Gasteiger partial charge is 0.252 e. The maximum absolute atomic E-state index is 12.2. The Bertz CT molecular complexity index is 645. The monoisotopic (exact) mass is 305 g/mol. The van der Waals surface area contributed by atoms with Gasteiger partial charge in [0.15, 0.2) is 0 Å². The van der Waals surface area contributed by atoms with E-state index in [4.69, 9.17) is 16.0 Å². The van der Waals surface area contributed by atoms with Crippen LogP contribution >= 0.6 is 22.9 Å². The summed E-state index contributed by atoms with van der Waals surface area (Å²) < 4.78 is 31.7.